The zero-order valence-electron chi connectivity index (χ0n) is 18.1. The van der Waals surface area contributed by atoms with Crippen molar-refractivity contribution in [3.8, 4) is 18.2 Å². The van der Waals surface area contributed by atoms with Crippen LogP contribution >= 0.6 is 11.8 Å². The maximum atomic E-state index is 14.9. The van der Waals surface area contributed by atoms with E-state index >= 15 is 0 Å². The molecule has 0 radical (unpaired) electrons. The van der Waals surface area contributed by atoms with Crippen LogP contribution in [0.3, 0.4) is 0 Å². The van der Waals surface area contributed by atoms with Crippen LogP contribution in [0.1, 0.15) is 29.4 Å². The number of amides is 1. The number of thioether (sulfide) groups is 1. The summed E-state index contributed by atoms with van der Waals surface area (Å²) in [5.41, 5.74) is 4.34. The topological polar surface area (TPSA) is 123 Å². The van der Waals surface area contributed by atoms with Gasteiger partial charge in [-0.05, 0) is 31.5 Å². The molecule has 4 N–H and O–H groups in total. The molecule has 35 heavy (non-hydrogen) atoms. The average molecular weight is 509 g/mol. The molecule has 4 rings (SSSR count). The second kappa shape index (κ2) is 8.69. The molecule has 4 atom stereocenters. The van der Waals surface area contributed by atoms with Crippen molar-refractivity contribution >= 4 is 28.5 Å². The normalized spacial score (nSPS) is 26.1. The summed E-state index contributed by atoms with van der Waals surface area (Å²) in [6.45, 7) is 1.44. The van der Waals surface area contributed by atoms with E-state index in [0.717, 1.165) is 12.3 Å². The summed E-state index contributed by atoms with van der Waals surface area (Å²) in [6, 6.07) is 3.63. The van der Waals surface area contributed by atoms with Gasteiger partial charge in [-0.15, -0.1) is 6.42 Å². The molecular formula is C22H19F4N5O3S. The van der Waals surface area contributed by atoms with E-state index in [0.29, 0.717) is 11.8 Å². The fourth-order valence-electron chi connectivity index (χ4n) is 4.26. The smallest absolute Gasteiger partial charge is 0.415 e. The number of anilines is 1. The lowest BCUT2D eigenvalue weighted by Crippen LogP contribution is -2.47. The fourth-order valence-corrected chi connectivity index (χ4v) is 5.76. The lowest BCUT2D eigenvalue weighted by molar-refractivity contribution is -0.207. The van der Waals surface area contributed by atoms with Crippen LogP contribution in [0, 0.1) is 24.1 Å². The molecule has 1 aliphatic heterocycles. The van der Waals surface area contributed by atoms with Crippen molar-refractivity contribution < 1.29 is 32.2 Å². The highest BCUT2D eigenvalue weighted by Crippen LogP contribution is 2.68. The number of hydrogen-bond acceptors (Lipinski definition) is 8. The second-order valence-corrected chi connectivity index (χ2v) is 9.62. The highest BCUT2D eigenvalue weighted by atomic mass is 32.2. The third kappa shape index (κ3) is 4.51. The van der Waals surface area contributed by atoms with Crippen LogP contribution < -0.4 is 15.8 Å². The molecule has 13 heteroatoms. The van der Waals surface area contributed by atoms with Crippen molar-refractivity contribution in [1.29, 1.82) is 0 Å². The summed E-state index contributed by atoms with van der Waals surface area (Å²) in [5.74, 6) is 0.131. The van der Waals surface area contributed by atoms with Crippen LogP contribution in [0.4, 0.5) is 23.2 Å². The van der Waals surface area contributed by atoms with E-state index in [2.05, 4.69) is 26.2 Å². The lowest BCUT2D eigenvalue weighted by Gasteiger charge is -2.36. The number of carbonyl (C=O) groups is 1. The minimum Gasteiger partial charge on any atom is -0.463 e. The van der Waals surface area contributed by atoms with Crippen molar-refractivity contribution in [1.82, 2.24) is 9.97 Å². The van der Waals surface area contributed by atoms with Gasteiger partial charge in [0.2, 0.25) is 5.88 Å². The van der Waals surface area contributed by atoms with Gasteiger partial charge in [-0.25, -0.2) is 14.4 Å². The number of halogens is 4. The number of nitrogens with two attached hydrogens (primary N) is 1. The monoisotopic (exact) mass is 509 g/mol. The molecule has 1 fully saturated rings. The van der Waals surface area contributed by atoms with Gasteiger partial charge in [-0.1, -0.05) is 17.7 Å². The van der Waals surface area contributed by atoms with Gasteiger partial charge in [0.05, 0.1) is 22.7 Å². The quantitative estimate of drug-likeness (QED) is 0.404. The van der Waals surface area contributed by atoms with E-state index in [1.54, 1.807) is 0 Å². The van der Waals surface area contributed by atoms with Crippen LogP contribution in [0.15, 0.2) is 35.6 Å². The molecule has 1 aromatic heterocycles. The molecular weight excluding hydrogens is 490 g/mol. The van der Waals surface area contributed by atoms with E-state index in [1.165, 1.54) is 25.3 Å². The lowest BCUT2D eigenvalue weighted by atomic mass is 9.84. The number of alkyl halides is 3. The van der Waals surface area contributed by atoms with Gasteiger partial charge >= 0.3 is 6.18 Å². The summed E-state index contributed by atoms with van der Waals surface area (Å²) in [7, 11) is 0. The summed E-state index contributed by atoms with van der Waals surface area (Å²) in [5, 5.41) is 12.4. The van der Waals surface area contributed by atoms with Crippen molar-refractivity contribution in [3.63, 3.8) is 0 Å². The van der Waals surface area contributed by atoms with Crippen molar-refractivity contribution in [3.05, 3.63) is 47.7 Å². The minimum absolute atomic E-state index is 0.0227. The Morgan fingerprint density at radius 2 is 2.17 bits per heavy atom. The number of amidine groups is 1. The summed E-state index contributed by atoms with van der Waals surface area (Å²) in [6.07, 6.45) is -0.144. The van der Waals surface area contributed by atoms with E-state index in [9.17, 15) is 27.5 Å². The summed E-state index contributed by atoms with van der Waals surface area (Å²) in [4.78, 5) is 24.7. The predicted octanol–water partition coefficient (Wildman–Crippen LogP) is 2.84. The Balaban J connectivity index is 1.59. The number of carbonyl (C=O) groups excluding carboxylic acids is 1. The largest absolute Gasteiger partial charge is 0.463 e. The van der Waals surface area contributed by atoms with Crippen LogP contribution in [-0.4, -0.2) is 49.8 Å². The van der Waals surface area contributed by atoms with E-state index in [4.69, 9.17) is 16.9 Å². The Labute approximate surface area is 201 Å². The number of nitrogens with zero attached hydrogens (tertiary/aromatic N) is 3. The molecule has 1 saturated carbocycles. The first-order valence-electron chi connectivity index (χ1n) is 10.2. The number of nitrogens with one attached hydrogen (secondary N) is 1. The van der Waals surface area contributed by atoms with E-state index in [1.807, 2.05) is 0 Å². The van der Waals surface area contributed by atoms with Gasteiger partial charge < -0.3 is 20.9 Å². The summed E-state index contributed by atoms with van der Waals surface area (Å²) < 4.78 is 58.3. The van der Waals surface area contributed by atoms with Crippen molar-refractivity contribution in [2.24, 2.45) is 16.6 Å². The number of ether oxygens (including phenoxy) is 1. The van der Waals surface area contributed by atoms with Gasteiger partial charge in [0, 0.05) is 17.2 Å². The zero-order chi connectivity index (χ0) is 25.6. The molecule has 1 amide bonds. The SMILES string of the molecule is C#CCOc1cnc(C(=O)Nc2ccc(F)c([C@]3(C)N=C(N)S[C@@]4([C@@H](O)C(F)(F)F)C[C@H]43)c2)cn1. The number of benzene rings is 1. The zero-order valence-corrected chi connectivity index (χ0v) is 19.0. The average Bonchev–Trinajstić information content (AvgIpc) is 3.54. The highest BCUT2D eigenvalue weighted by molar-refractivity contribution is 8.15. The molecule has 0 bridgehead atoms. The molecule has 0 saturated heterocycles. The molecule has 2 heterocycles. The molecule has 2 aromatic rings. The molecule has 1 aromatic carbocycles. The van der Waals surface area contributed by atoms with Gasteiger partial charge in [0.1, 0.15) is 11.5 Å². The number of aliphatic hydroxyl groups is 1. The first-order chi connectivity index (χ1) is 16.4. The first kappa shape index (κ1) is 24.7. The molecule has 2 aliphatic rings. The molecule has 184 valence electrons. The Kier molecular flexibility index (Phi) is 6.14. The van der Waals surface area contributed by atoms with E-state index < -0.39 is 40.2 Å². The molecule has 0 unspecified atom stereocenters. The highest BCUT2D eigenvalue weighted by Gasteiger charge is 2.74. The number of rotatable bonds is 6. The van der Waals surface area contributed by atoms with Crippen LogP contribution in [0.25, 0.3) is 0 Å². The van der Waals surface area contributed by atoms with Crippen LogP contribution in [0.2, 0.25) is 0 Å². The predicted molar refractivity (Wildman–Crippen MR) is 120 cm³/mol. The number of fused-ring (bicyclic) bond motifs is 1. The number of aromatic nitrogens is 2. The summed E-state index contributed by atoms with van der Waals surface area (Å²) >= 11 is 0.648. The van der Waals surface area contributed by atoms with Crippen LogP contribution in [0.5, 0.6) is 5.88 Å². The van der Waals surface area contributed by atoms with E-state index in [-0.39, 0.29) is 41.0 Å². The van der Waals surface area contributed by atoms with Gasteiger partial charge in [0.25, 0.3) is 5.91 Å². The van der Waals surface area contributed by atoms with Crippen molar-refractivity contribution in [2.75, 3.05) is 11.9 Å². The fraction of sp³-hybridized carbons (Fsp3) is 0.364. The minimum atomic E-state index is -4.88. The maximum absolute atomic E-state index is 14.9. The first-order valence-corrected chi connectivity index (χ1v) is 11.0. The third-order valence-electron chi connectivity index (χ3n) is 5.98. The number of hydrogen-bond donors (Lipinski definition) is 3. The van der Waals surface area contributed by atoms with Gasteiger partial charge in [0.15, 0.2) is 17.9 Å². The van der Waals surface area contributed by atoms with Gasteiger partial charge in [-0.3, -0.25) is 9.79 Å². The standard InChI is InChI=1S/C22H19F4N5O3S/c1-3-6-34-16-10-28-14(9-29-16)17(32)30-11-4-5-13(23)12(7-11)20(2)15-8-21(15,35-19(27)31-20)18(33)22(24,25)26/h1,4-5,7,9-10,15,18,33H,6,8H2,2H3,(H2,27,31)(H,30,32)/t15-,18+,20-,21-/m0/s1. The van der Waals surface area contributed by atoms with Crippen molar-refractivity contribution in [2.45, 2.75) is 35.9 Å². The molecule has 8 nitrogen and oxygen atoms in total. The maximum Gasteiger partial charge on any atom is 0.415 e. The Bertz CT molecular complexity index is 1230. The third-order valence-corrected chi connectivity index (χ3v) is 7.33. The number of terminal acetylenes is 1. The Hall–Kier alpha value is -3.37. The van der Waals surface area contributed by atoms with Crippen LogP contribution in [-0.2, 0) is 5.54 Å². The second-order valence-electron chi connectivity index (χ2n) is 8.24. The molecule has 0 spiro atoms. The molecule has 1 aliphatic carbocycles. The number of aliphatic imine (C=N–C) groups is 1. The number of aliphatic hydroxyl groups excluding tert-OH is 1. The Morgan fingerprint density at radius 3 is 2.80 bits per heavy atom. The van der Waals surface area contributed by atoms with Gasteiger partial charge in [-0.2, -0.15) is 13.2 Å². The Morgan fingerprint density at radius 1 is 1.43 bits per heavy atom.